The lowest BCUT2D eigenvalue weighted by molar-refractivity contribution is -0.384. The quantitative estimate of drug-likeness (QED) is 0.242. The van der Waals surface area contributed by atoms with Crippen molar-refractivity contribution < 1.29 is 14.1 Å². The molecular weight excluding hydrogens is 384 g/mol. The van der Waals surface area contributed by atoms with Crippen molar-refractivity contribution in [1.29, 1.82) is 0 Å². The van der Waals surface area contributed by atoms with Crippen LogP contribution in [0.25, 0.3) is 0 Å². The fraction of sp³-hybridized carbons (Fsp3) is 0.227. The van der Waals surface area contributed by atoms with Gasteiger partial charge in [-0.25, -0.2) is 4.99 Å². The van der Waals surface area contributed by atoms with Crippen LogP contribution in [0, 0.1) is 10.1 Å². The topological polar surface area (TPSA) is 102 Å². The monoisotopic (exact) mass is 408 g/mol. The number of aliphatic imine (C=N–C) groups is 1. The van der Waals surface area contributed by atoms with E-state index in [1.54, 1.807) is 25.5 Å². The van der Waals surface area contributed by atoms with E-state index in [9.17, 15) is 10.1 Å². The Kier molecular flexibility index (Phi) is 7.43. The number of non-ortho nitro benzene ring substituents is 1. The highest BCUT2D eigenvalue weighted by atomic mass is 16.6. The van der Waals surface area contributed by atoms with Crippen LogP contribution < -0.4 is 15.4 Å². The van der Waals surface area contributed by atoms with E-state index in [0.29, 0.717) is 25.6 Å². The van der Waals surface area contributed by atoms with Crippen LogP contribution in [0.15, 0.2) is 76.3 Å². The van der Waals surface area contributed by atoms with E-state index < -0.39 is 4.92 Å². The van der Waals surface area contributed by atoms with Gasteiger partial charge in [0, 0.05) is 18.7 Å². The molecule has 3 rings (SSSR count). The number of rotatable bonds is 9. The molecule has 156 valence electrons. The third-order valence-electron chi connectivity index (χ3n) is 4.44. The zero-order chi connectivity index (χ0) is 21.2. The molecule has 30 heavy (non-hydrogen) atoms. The number of nitro groups is 1. The molecule has 0 aliphatic heterocycles. The molecule has 8 heteroatoms. The second-order valence-electron chi connectivity index (χ2n) is 6.55. The normalized spacial score (nSPS) is 11.2. The first kappa shape index (κ1) is 20.9. The molecule has 0 bridgehead atoms. The van der Waals surface area contributed by atoms with Gasteiger partial charge in [-0.15, -0.1) is 0 Å². The van der Waals surface area contributed by atoms with Gasteiger partial charge in [-0.05, 0) is 41.8 Å². The lowest BCUT2D eigenvalue weighted by atomic mass is 10.1. The van der Waals surface area contributed by atoms with E-state index in [-0.39, 0.29) is 5.69 Å². The van der Waals surface area contributed by atoms with E-state index in [1.165, 1.54) is 17.7 Å². The molecular formula is C22H24N4O4. The second kappa shape index (κ2) is 10.7. The number of nitro benzene ring substituents is 1. The SMILES string of the molecule is COc1ccc(CCNC(=NCc2ccc([N+](=O)[O-])cc2)NCc2ccco2)cc1. The molecule has 0 atom stereocenters. The molecule has 0 saturated carbocycles. The first-order valence-corrected chi connectivity index (χ1v) is 9.55. The molecule has 0 unspecified atom stereocenters. The Morgan fingerprint density at radius 2 is 1.80 bits per heavy atom. The molecule has 2 aromatic carbocycles. The highest BCUT2D eigenvalue weighted by Crippen LogP contribution is 2.13. The summed E-state index contributed by atoms with van der Waals surface area (Å²) >= 11 is 0. The Morgan fingerprint density at radius 3 is 2.43 bits per heavy atom. The highest BCUT2D eigenvalue weighted by molar-refractivity contribution is 5.79. The standard InChI is InChI=1S/C22H24N4O4/c1-29-20-10-6-17(7-11-20)12-13-23-22(25-16-21-3-2-14-30-21)24-15-18-4-8-19(9-5-18)26(27)28/h2-11,14H,12-13,15-16H2,1H3,(H2,23,24,25). The predicted molar refractivity (Wildman–Crippen MR) is 114 cm³/mol. The van der Waals surface area contributed by atoms with Gasteiger partial charge >= 0.3 is 0 Å². The minimum atomic E-state index is -0.413. The van der Waals surface area contributed by atoms with Gasteiger partial charge in [-0.1, -0.05) is 24.3 Å². The van der Waals surface area contributed by atoms with E-state index in [1.807, 2.05) is 36.4 Å². The Hall–Kier alpha value is -3.81. The maximum absolute atomic E-state index is 10.8. The van der Waals surface area contributed by atoms with Crippen LogP contribution in [0.5, 0.6) is 5.75 Å². The van der Waals surface area contributed by atoms with Crippen molar-refractivity contribution >= 4 is 11.6 Å². The maximum atomic E-state index is 10.8. The van der Waals surface area contributed by atoms with Crippen LogP contribution in [0.1, 0.15) is 16.9 Å². The lowest BCUT2D eigenvalue weighted by Crippen LogP contribution is -2.38. The zero-order valence-electron chi connectivity index (χ0n) is 16.7. The van der Waals surface area contributed by atoms with Gasteiger partial charge in [0.15, 0.2) is 5.96 Å². The largest absolute Gasteiger partial charge is 0.497 e. The van der Waals surface area contributed by atoms with Crippen molar-refractivity contribution in [2.24, 2.45) is 4.99 Å². The molecule has 3 aromatic rings. The molecule has 8 nitrogen and oxygen atoms in total. The Labute approximate surface area is 174 Å². The van der Waals surface area contributed by atoms with Gasteiger partial charge in [0.05, 0.1) is 31.4 Å². The fourth-order valence-corrected chi connectivity index (χ4v) is 2.77. The van der Waals surface area contributed by atoms with Crippen LogP contribution in [0.4, 0.5) is 5.69 Å². The van der Waals surface area contributed by atoms with Gasteiger partial charge in [0.2, 0.25) is 0 Å². The summed E-state index contributed by atoms with van der Waals surface area (Å²) in [5, 5.41) is 17.3. The average molecular weight is 408 g/mol. The lowest BCUT2D eigenvalue weighted by Gasteiger charge is -2.12. The van der Waals surface area contributed by atoms with Crippen molar-refractivity contribution in [1.82, 2.24) is 10.6 Å². The van der Waals surface area contributed by atoms with Crippen molar-refractivity contribution in [3.8, 4) is 5.75 Å². The summed E-state index contributed by atoms with van der Waals surface area (Å²) in [5.41, 5.74) is 2.13. The molecule has 0 aliphatic rings. The number of nitrogens with zero attached hydrogens (tertiary/aromatic N) is 2. The van der Waals surface area contributed by atoms with Gasteiger partial charge in [-0.2, -0.15) is 0 Å². The summed E-state index contributed by atoms with van der Waals surface area (Å²) in [5.74, 6) is 2.27. The van der Waals surface area contributed by atoms with E-state index >= 15 is 0 Å². The van der Waals surface area contributed by atoms with Gasteiger partial charge < -0.3 is 19.8 Å². The number of ether oxygens (including phenoxy) is 1. The second-order valence-corrected chi connectivity index (χ2v) is 6.55. The third kappa shape index (κ3) is 6.37. The Balaban J connectivity index is 1.59. The molecule has 0 amide bonds. The first-order valence-electron chi connectivity index (χ1n) is 9.55. The fourth-order valence-electron chi connectivity index (χ4n) is 2.77. The van der Waals surface area contributed by atoms with Gasteiger partial charge in [0.1, 0.15) is 11.5 Å². The smallest absolute Gasteiger partial charge is 0.269 e. The van der Waals surface area contributed by atoms with Crippen molar-refractivity contribution in [2.45, 2.75) is 19.5 Å². The molecule has 2 N–H and O–H groups in total. The number of hydrogen-bond donors (Lipinski definition) is 2. The van der Waals surface area contributed by atoms with Crippen molar-refractivity contribution in [3.63, 3.8) is 0 Å². The molecule has 1 aromatic heterocycles. The maximum Gasteiger partial charge on any atom is 0.269 e. The van der Waals surface area contributed by atoms with E-state index in [0.717, 1.165) is 23.5 Å². The highest BCUT2D eigenvalue weighted by Gasteiger charge is 2.05. The predicted octanol–water partition coefficient (Wildman–Crippen LogP) is 3.67. The minimum absolute atomic E-state index is 0.0662. The number of benzene rings is 2. The summed E-state index contributed by atoms with van der Waals surface area (Å²) in [4.78, 5) is 15.0. The van der Waals surface area contributed by atoms with Crippen LogP contribution in [0.2, 0.25) is 0 Å². The van der Waals surface area contributed by atoms with Crippen molar-refractivity contribution in [2.75, 3.05) is 13.7 Å². The zero-order valence-corrected chi connectivity index (χ0v) is 16.7. The number of methoxy groups -OCH3 is 1. The van der Waals surface area contributed by atoms with E-state index in [2.05, 4.69) is 15.6 Å². The number of furan rings is 1. The number of hydrogen-bond acceptors (Lipinski definition) is 5. The van der Waals surface area contributed by atoms with Crippen LogP contribution >= 0.6 is 0 Å². The summed E-state index contributed by atoms with van der Waals surface area (Å²) in [6.45, 7) is 1.59. The average Bonchev–Trinajstić information content (AvgIpc) is 3.29. The van der Waals surface area contributed by atoms with Crippen LogP contribution in [0.3, 0.4) is 0 Å². The summed E-state index contributed by atoms with van der Waals surface area (Å²) in [7, 11) is 1.65. The summed E-state index contributed by atoms with van der Waals surface area (Å²) in [6, 6.07) is 18.1. The first-order chi connectivity index (χ1) is 14.6. The molecule has 0 aliphatic carbocycles. The van der Waals surface area contributed by atoms with Gasteiger partial charge in [0.25, 0.3) is 5.69 Å². The van der Waals surface area contributed by atoms with Crippen LogP contribution in [-0.4, -0.2) is 24.5 Å². The summed E-state index contributed by atoms with van der Waals surface area (Å²) < 4.78 is 10.5. The molecule has 0 saturated heterocycles. The number of guanidine groups is 1. The molecule has 0 fully saturated rings. The van der Waals surface area contributed by atoms with E-state index in [4.69, 9.17) is 9.15 Å². The molecule has 0 spiro atoms. The molecule has 0 radical (unpaired) electrons. The summed E-state index contributed by atoms with van der Waals surface area (Å²) in [6.07, 6.45) is 2.45. The van der Waals surface area contributed by atoms with Crippen LogP contribution in [-0.2, 0) is 19.5 Å². The number of nitrogens with one attached hydrogen (secondary N) is 2. The third-order valence-corrected chi connectivity index (χ3v) is 4.44. The Bertz CT molecular complexity index is 952. The minimum Gasteiger partial charge on any atom is -0.497 e. The Morgan fingerprint density at radius 1 is 1.07 bits per heavy atom. The van der Waals surface area contributed by atoms with Crippen molar-refractivity contribution in [3.05, 3.63) is 93.9 Å². The van der Waals surface area contributed by atoms with Gasteiger partial charge in [-0.3, -0.25) is 10.1 Å². The molecule has 1 heterocycles.